The van der Waals surface area contributed by atoms with Crippen molar-refractivity contribution in [3.8, 4) is 5.75 Å². The molecule has 1 fully saturated rings. The molecular formula is C24H34N4O4. The number of rotatable bonds is 10. The van der Waals surface area contributed by atoms with Crippen molar-refractivity contribution in [3.05, 3.63) is 48.4 Å². The van der Waals surface area contributed by atoms with Gasteiger partial charge >= 0.3 is 11.8 Å². The molecular weight excluding hydrogens is 408 g/mol. The van der Waals surface area contributed by atoms with E-state index in [-0.39, 0.29) is 6.04 Å². The maximum atomic E-state index is 12.3. The van der Waals surface area contributed by atoms with E-state index in [9.17, 15) is 9.59 Å². The van der Waals surface area contributed by atoms with Gasteiger partial charge in [0, 0.05) is 45.0 Å². The molecule has 1 aromatic heterocycles. The molecule has 0 bridgehead atoms. The Hall–Kier alpha value is -3.00. The van der Waals surface area contributed by atoms with E-state index < -0.39 is 11.8 Å². The first-order chi connectivity index (χ1) is 15.6. The second-order valence-electron chi connectivity index (χ2n) is 7.93. The summed E-state index contributed by atoms with van der Waals surface area (Å²) in [6.45, 7) is 6.28. The average Bonchev–Trinajstić information content (AvgIpc) is 3.37. The number of furan rings is 1. The summed E-state index contributed by atoms with van der Waals surface area (Å²) in [5.41, 5.74) is 1.16. The summed E-state index contributed by atoms with van der Waals surface area (Å²) in [4.78, 5) is 28.9. The van der Waals surface area contributed by atoms with Crippen molar-refractivity contribution in [3.63, 3.8) is 0 Å². The van der Waals surface area contributed by atoms with Crippen LogP contribution >= 0.6 is 0 Å². The Morgan fingerprint density at radius 2 is 1.75 bits per heavy atom. The van der Waals surface area contributed by atoms with Crippen LogP contribution in [0.3, 0.4) is 0 Å². The van der Waals surface area contributed by atoms with E-state index in [1.165, 1.54) is 0 Å². The summed E-state index contributed by atoms with van der Waals surface area (Å²) >= 11 is 0. The van der Waals surface area contributed by atoms with Crippen molar-refractivity contribution in [2.75, 3.05) is 51.3 Å². The number of amides is 2. The van der Waals surface area contributed by atoms with Gasteiger partial charge < -0.3 is 24.7 Å². The van der Waals surface area contributed by atoms with Crippen molar-refractivity contribution in [1.82, 2.24) is 15.5 Å². The van der Waals surface area contributed by atoms with E-state index >= 15 is 0 Å². The highest BCUT2D eigenvalue weighted by molar-refractivity contribution is 6.35. The number of ether oxygens (including phenoxy) is 1. The number of piperazine rings is 1. The second kappa shape index (κ2) is 12.1. The van der Waals surface area contributed by atoms with Crippen LogP contribution in [0.5, 0.6) is 5.75 Å². The van der Waals surface area contributed by atoms with Crippen molar-refractivity contribution < 1.29 is 18.7 Å². The smallest absolute Gasteiger partial charge is 0.309 e. The van der Waals surface area contributed by atoms with E-state index in [0.717, 1.165) is 62.6 Å². The Labute approximate surface area is 189 Å². The molecule has 2 N–H and O–H groups in total. The SMILES string of the molecule is CCCCCNC(=O)C(=O)NC[C@@H](c1ccco1)N1CCN(c2ccc(OC)cc2)CC1. The lowest BCUT2D eigenvalue weighted by Gasteiger charge is -2.39. The van der Waals surface area contributed by atoms with E-state index in [1.807, 2.05) is 24.3 Å². The number of hydrogen-bond acceptors (Lipinski definition) is 6. The van der Waals surface area contributed by atoms with Gasteiger partial charge in [0.15, 0.2) is 0 Å². The molecule has 1 aliphatic heterocycles. The van der Waals surface area contributed by atoms with Crippen LogP contribution in [0.25, 0.3) is 0 Å². The van der Waals surface area contributed by atoms with Gasteiger partial charge in [0.2, 0.25) is 0 Å². The minimum absolute atomic E-state index is 0.125. The molecule has 32 heavy (non-hydrogen) atoms. The normalized spacial score (nSPS) is 15.2. The Morgan fingerprint density at radius 1 is 1.03 bits per heavy atom. The molecule has 0 aliphatic carbocycles. The first-order valence-electron chi connectivity index (χ1n) is 11.3. The predicted molar refractivity (Wildman–Crippen MR) is 124 cm³/mol. The van der Waals surface area contributed by atoms with Crippen LogP contribution in [0.1, 0.15) is 38.0 Å². The lowest BCUT2D eigenvalue weighted by molar-refractivity contribution is -0.139. The number of benzene rings is 1. The molecule has 1 atom stereocenters. The van der Waals surface area contributed by atoms with Crippen molar-refractivity contribution in [2.45, 2.75) is 32.2 Å². The molecule has 3 rings (SSSR count). The minimum atomic E-state index is -0.602. The highest BCUT2D eigenvalue weighted by Crippen LogP contribution is 2.25. The first kappa shape index (κ1) is 23.7. The largest absolute Gasteiger partial charge is 0.497 e. The van der Waals surface area contributed by atoms with Crippen LogP contribution in [0.2, 0.25) is 0 Å². The molecule has 2 heterocycles. The van der Waals surface area contributed by atoms with E-state index in [0.29, 0.717) is 13.1 Å². The van der Waals surface area contributed by atoms with Gasteiger partial charge in [-0.25, -0.2) is 0 Å². The number of hydrogen-bond donors (Lipinski definition) is 2. The van der Waals surface area contributed by atoms with Crippen molar-refractivity contribution in [1.29, 1.82) is 0 Å². The minimum Gasteiger partial charge on any atom is -0.497 e. The van der Waals surface area contributed by atoms with Gasteiger partial charge in [0.05, 0.1) is 19.4 Å². The highest BCUT2D eigenvalue weighted by Gasteiger charge is 2.28. The Balaban J connectivity index is 1.54. The van der Waals surface area contributed by atoms with Gasteiger partial charge in [0.25, 0.3) is 0 Å². The zero-order valence-electron chi connectivity index (χ0n) is 19.0. The molecule has 1 aromatic carbocycles. The molecule has 174 valence electrons. The van der Waals surface area contributed by atoms with Crippen LogP contribution in [0, 0.1) is 0 Å². The number of methoxy groups -OCH3 is 1. The van der Waals surface area contributed by atoms with E-state index in [1.54, 1.807) is 13.4 Å². The molecule has 8 heteroatoms. The van der Waals surface area contributed by atoms with Crippen LogP contribution in [0.15, 0.2) is 47.1 Å². The van der Waals surface area contributed by atoms with Gasteiger partial charge in [-0.15, -0.1) is 0 Å². The molecule has 2 amide bonds. The van der Waals surface area contributed by atoms with Gasteiger partial charge in [-0.2, -0.15) is 0 Å². The summed E-state index contributed by atoms with van der Waals surface area (Å²) in [7, 11) is 1.66. The van der Waals surface area contributed by atoms with Crippen LogP contribution in [-0.4, -0.2) is 63.1 Å². The van der Waals surface area contributed by atoms with E-state index in [4.69, 9.17) is 9.15 Å². The number of nitrogens with zero attached hydrogens (tertiary/aromatic N) is 2. The molecule has 1 saturated heterocycles. The predicted octanol–water partition coefficient (Wildman–Crippen LogP) is 2.57. The Kier molecular flexibility index (Phi) is 8.98. The molecule has 0 saturated carbocycles. The Morgan fingerprint density at radius 3 is 2.38 bits per heavy atom. The molecule has 2 aromatic rings. The highest BCUT2D eigenvalue weighted by atomic mass is 16.5. The summed E-state index contributed by atoms with van der Waals surface area (Å²) in [6.07, 6.45) is 4.62. The zero-order valence-corrected chi connectivity index (χ0v) is 19.0. The van der Waals surface area contributed by atoms with Gasteiger partial charge in [0.1, 0.15) is 11.5 Å². The monoisotopic (exact) mass is 442 g/mol. The average molecular weight is 443 g/mol. The molecule has 0 radical (unpaired) electrons. The topological polar surface area (TPSA) is 87.0 Å². The van der Waals surface area contributed by atoms with Gasteiger partial charge in [-0.05, 0) is 42.8 Å². The zero-order chi connectivity index (χ0) is 22.8. The third-order valence-electron chi connectivity index (χ3n) is 5.79. The molecule has 8 nitrogen and oxygen atoms in total. The number of anilines is 1. The summed E-state index contributed by atoms with van der Waals surface area (Å²) in [5.74, 6) is 0.445. The fourth-order valence-corrected chi connectivity index (χ4v) is 3.90. The quantitative estimate of drug-likeness (QED) is 0.434. The summed E-state index contributed by atoms with van der Waals surface area (Å²) in [5, 5.41) is 5.47. The third-order valence-corrected chi connectivity index (χ3v) is 5.79. The second-order valence-corrected chi connectivity index (χ2v) is 7.93. The third kappa shape index (κ3) is 6.50. The fourth-order valence-electron chi connectivity index (χ4n) is 3.90. The number of carbonyl (C=O) groups is 2. The van der Waals surface area contributed by atoms with Crippen molar-refractivity contribution >= 4 is 17.5 Å². The van der Waals surface area contributed by atoms with E-state index in [2.05, 4.69) is 39.5 Å². The van der Waals surface area contributed by atoms with Crippen LogP contribution < -0.4 is 20.3 Å². The number of nitrogens with one attached hydrogen (secondary N) is 2. The summed E-state index contributed by atoms with van der Waals surface area (Å²) in [6, 6.07) is 11.7. The molecule has 0 unspecified atom stereocenters. The maximum Gasteiger partial charge on any atom is 0.309 e. The maximum absolute atomic E-state index is 12.3. The summed E-state index contributed by atoms with van der Waals surface area (Å²) < 4.78 is 10.9. The van der Waals surface area contributed by atoms with Crippen LogP contribution in [0.4, 0.5) is 5.69 Å². The van der Waals surface area contributed by atoms with Gasteiger partial charge in [-0.1, -0.05) is 19.8 Å². The lowest BCUT2D eigenvalue weighted by atomic mass is 10.1. The first-order valence-corrected chi connectivity index (χ1v) is 11.3. The lowest BCUT2D eigenvalue weighted by Crippen LogP contribution is -2.50. The van der Waals surface area contributed by atoms with Gasteiger partial charge in [-0.3, -0.25) is 14.5 Å². The number of unbranched alkanes of at least 4 members (excludes halogenated alkanes) is 2. The fraction of sp³-hybridized carbons (Fsp3) is 0.500. The van der Waals surface area contributed by atoms with Crippen LogP contribution in [-0.2, 0) is 9.59 Å². The Bertz CT molecular complexity index is 830. The standard InChI is InChI=1S/C24H34N4O4/c1-3-4-5-12-25-23(29)24(30)26-18-21(22-7-6-17-32-22)28-15-13-27(14-16-28)19-8-10-20(31-2)11-9-19/h6-11,17,21H,3-5,12-16,18H2,1-2H3,(H,25,29)(H,26,30)/t21-/m0/s1. The molecule has 0 spiro atoms. The molecule has 1 aliphatic rings. The number of carbonyl (C=O) groups excluding carboxylic acids is 2. The van der Waals surface area contributed by atoms with Crippen molar-refractivity contribution in [2.24, 2.45) is 0 Å².